The molecule has 0 heterocycles. The smallest absolute Gasteiger partial charge is 0.339 e. The van der Waals surface area contributed by atoms with Gasteiger partial charge in [-0.3, -0.25) is 14.9 Å². The Morgan fingerprint density at radius 3 is 2.52 bits per heavy atom. The van der Waals surface area contributed by atoms with Gasteiger partial charge in [0.15, 0.2) is 6.10 Å². The predicted octanol–water partition coefficient (Wildman–Crippen LogP) is 3.93. The number of nitro benzene ring substituents is 1. The molecule has 0 saturated heterocycles. The number of carbonyl (C=O) groups excluding carboxylic acids is 2. The van der Waals surface area contributed by atoms with Gasteiger partial charge in [-0.05, 0) is 24.4 Å². The van der Waals surface area contributed by atoms with Crippen molar-refractivity contribution in [3.05, 3.63) is 82.4 Å². The maximum absolute atomic E-state index is 12.4. The van der Waals surface area contributed by atoms with E-state index in [0.717, 1.165) is 16.8 Å². The van der Waals surface area contributed by atoms with Crippen LogP contribution in [0.1, 0.15) is 17.3 Å². The fourth-order valence-corrected chi connectivity index (χ4v) is 2.60. The monoisotopic (exact) mass is 364 g/mol. The lowest BCUT2D eigenvalue weighted by Gasteiger charge is -2.14. The van der Waals surface area contributed by atoms with E-state index >= 15 is 0 Å². The number of ether oxygens (including phenoxy) is 1. The quantitative estimate of drug-likeness (QED) is 0.420. The Hall–Kier alpha value is -3.74. The number of nitro groups is 1. The van der Waals surface area contributed by atoms with Crippen LogP contribution in [0, 0.1) is 10.1 Å². The number of amides is 1. The zero-order valence-corrected chi connectivity index (χ0v) is 14.4. The fraction of sp³-hybridized carbons (Fsp3) is 0.100. The second-order valence-electron chi connectivity index (χ2n) is 5.87. The first kappa shape index (κ1) is 18.1. The van der Waals surface area contributed by atoms with Crippen molar-refractivity contribution in [3.63, 3.8) is 0 Å². The van der Waals surface area contributed by atoms with Crippen molar-refractivity contribution in [1.29, 1.82) is 0 Å². The van der Waals surface area contributed by atoms with Gasteiger partial charge in [-0.2, -0.15) is 0 Å². The van der Waals surface area contributed by atoms with Crippen molar-refractivity contribution in [3.8, 4) is 0 Å². The Morgan fingerprint density at radius 2 is 1.74 bits per heavy atom. The third-order valence-corrected chi connectivity index (χ3v) is 3.99. The van der Waals surface area contributed by atoms with Crippen LogP contribution in [0.15, 0.2) is 66.7 Å². The zero-order chi connectivity index (χ0) is 19.4. The zero-order valence-electron chi connectivity index (χ0n) is 14.4. The van der Waals surface area contributed by atoms with Crippen molar-refractivity contribution in [2.75, 3.05) is 5.32 Å². The SMILES string of the molecule is C[C@H](OC(=O)c1cccc([N+](=O)[O-])c1)C(=O)Nc1cccc2ccccc12. The lowest BCUT2D eigenvalue weighted by Crippen LogP contribution is -2.30. The molecule has 3 rings (SSSR count). The number of hydrogen-bond acceptors (Lipinski definition) is 5. The second kappa shape index (κ2) is 7.65. The molecule has 3 aromatic carbocycles. The van der Waals surface area contributed by atoms with Gasteiger partial charge < -0.3 is 10.1 Å². The van der Waals surface area contributed by atoms with Gasteiger partial charge in [0.2, 0.25) is 0 Å². The minimum Gasteiger partial charge on any atom is -0.449 e. The minimum atomic E-state index is -1.07. The van der Waals surface area contributed by atoms with Crippen molar-refractivity contribution in [2.45, 2.75) is 13.0 Å². The summed E-state index contributed by atoms with van der Waals surface area (Å²) < 4.78 is 5.14. The highest BCUT2D eigenvalue weighted by Crippen LogP contribution is 2.23. The molecule has 7 nitrogen and oxygen atoms in total. The van der Waals surface area contributed by atoms with E-state index in [1.165, 1.54) is 25.1 Å². The number of fused-ring (bicyclic) bond motifs is 1. The van der Waals surface area contributed by atoms with Gasteiger partial charge in [-0.1, -0.05) is 42.5 Å². The van der Waals surface area contributed by atoms with Crippen LogP contribution in [0.3, 0.4) is 0 Å². The van der Waals surface area contributed by atoms with E-state index in [9.17, 15) is 19.7 Å². The van der Waals surface area contributed by atoms with Crippen LogP contribution in [0.25, 0.3) is 10.8 Å². The summed E-state index contributed by atoms with van der Waals surface area (Å²) in [5, 5.41) is 15.4. The Morgan fingerprint density at radius 1 is 1.04 bits per heavy atom. The molecule has 0 saturated carbocycles. The number of carbonyl (C=O) groups is 2. The summed E-state index contributed by atoms with van der Waals surface area (Å²) in [5.74, 6) is -1.30. The van der Waals surface area contributed by atoms with Crippen LogP contribution in [0.4, 0.5) is 11.4 Å². The lowest BCUT2D eigenvalue weighted by molar-refractivity contribution is -0.384. The molecule has 3 aromatic rings. The number of benzene rings is 3. The topological polar surface area (TPSA) is 98.5 Å². The molecule has 0 aliphatic heterocycles. The maximum atomic E-state index is 12.4. The van der Waals surface area contributed by atoms with Crippen molar-refractivity contribution in [2.24, 2.45) is 0 Å². The highest BCUT2D eigenvalue weighted by atomic mass is 16.6. The molecule has 0 bridgehead atoms. The van der Waals surface area contributed by atoms with E-state index in [1.54, 1.807) is 6.07 Å². The predicted molar refractivity (Wildman–Crippen MR) is 101 cm³/mol. The molecule has 1 atom stereocenters. The molecule has 0 aliphatic carbocycles. The average molecular weight is 364 g/mol. The van der Waals surface area contributed by atoms with E-state index in [2.05, 4.69) is 5.32 Å². The summed E-state index contributed by atoms with van der Waals surface area (Å²) in [4.78, 5) is 34.8. The number of nitrogens with zero attached hydrogens (tertiary/aromatic N) is 1. The van der Waals surface area contributed by atoms with Gasteiger partial charge in [-0.25, -0.2) is 4.79 Å². The third kappa shape index (κ3) is 4.09. The first-order valence-corrected chi connectivity index (χ1v) is 8.20. The highest BCUT2D eigenvalue weighted by Gasteiger charge is 2.21. The molecule has 0 radical (unpaired) electrons. The number of rotatable bonds is 5. The summed E-state index contributed by atoms with van der Waals surface area (Å²) in [6.07, 6.45) is -1.07. The van der Waals surface area contributed by atoms with E-state index in [4.69, 9.17) is 4.74 Å². The summed E-state index contributed by atoms with van der Waals surface area (Å²) in [6.45, 7) is 1.44. The van der Waals surface area contributed by atoms with Gasteiger partial charge in [0, 0.05) is 23.2 Å². The number of esters is 1. The van der Waals surface area contributed by atoms with Gasteiger partial charge in [0.25, 0.3) is 11.6 Å². The normalized spacial score (nSPS) is 11.6. The molecule has 0 spiro atoms. The van der Waals surface area contributed by atoms with Gasteiger partial charge >= 0.3 is 5.97 Å². The van der Waals surface area contributed by atoms with Gasteiger partial charge in [0.1, 0.15) is 0 Å². The molecule has 1 amide bonds. The number of hydrogen-bond donors (Lipinski definition) is 1. The Bertz CT molecular complexity index is 1030. The summed E-state index contributed by atoms with van der Waals surface area (Å²) in [6, 6.07) is 18.2. The minimum absolute atomic E-state index is 0.00834. The summed E-state index contributed by atoms with van der Waals surface area (Å²) in [5.41, 5.74) is 0.391. The second-order valence-corrected chi connectivity index (χ2v) is 5.87. The Labute approximate surface area is 154 Å². The molecule has 1 N–H and O–H groups in total. The number of anilines is 1. The molecule has 27 heavy (non-hydrogen) atoms. The van der Waals surface area contributed by atoms with Gasteiger partial charge in [-0.15, -0.1) is 0 Å². The fourth-order valence-electron chi connectivity index (χ4n) is 2.60. The number of nitrogens with one attached hydrogen (secondary N) is 1. The first-order chi connectivity index (χ1) is 13.0. The van der Waals surface area contributed by atoms with Crippen LogP contribution in [0.5, 0.6) is 0 Å². The van der Waals surface area contributed by atoms with Crippen LogP contribution in [-0.4, -0.2) is 22.9 Å². The highest BCUT2D eigenvalue weighted by molar-refractivity contribution is 6.04. The molecule has 0 aliphatic rings. The summed E-state index contributed by atoms with van der Waals surface area (Å²) >= 11 is 0. The summed E-state index contributed by atoms with van der Waals surface area (Å²) in [7, 11) is 0. The van der Waals surface area contributed by atoms with E-state index in [1.807, 2.05) is 36.4 Å². The average Bonchev–Trinajstić information content (AvgIpc) is 2.68. The molecule has 0 unspecified atom stereocenters. The lowest BCUT2D eigenvalue weighted by atomic mass is 10.1. The molecule has 0 fully saturated rings. The van der Waals surface area contributed by atoms with Crippen molar-refractivity contribution in [1.82, 2.24) is 0 Å². The largest absolute Gasteiger partial charge is 0.449 e. The Balaban J connectivity index is 1.71. The van der Waals surface area contributed by atoms with Gasteiger partial charge in [0.05, 0.1) is 10.5 Å². The molecule has 0 aromatic heterocycles. The van der Waals surface area contributed by atoms with Crippen LogP contribution in [0.2, 0.25) is 0 Å². The van der Waals surface area contributed by atoms with Crippen molar-refractivity contribution < 1.29 is 19.2 Å². The Kier molecular flexibility index (Phi) is 5.12. The molecular weight excluding hydrogens is 348 g/mol. The van der Waals surface area contributed by atoms with E-state index < -0.39 is 22.9 Å². The van der Waals surface area contributed by atoms with Crippen LogP contribution in [-0.2, 0) is 9.53 Å². The van der Waals surface area contributed by atoms with E-state index in [-0.39, 0.29) is 11.3 Å². The third-order valence-electron chi connectivity index (χ3n) is 3.99. The maximum Gasteiger partial charge on any atom is 0.339 e. The van der Waals surface area contributed by atoms with Crippen LogP contribution >= 0.6 is 0 Å². The van der Waals surface area contributed by atoms with Crippen LogP contribution < -0.4 is 5.32 Å². The standard InChI is InChI=1S/C20H16N2O5/c1-13(27-20(24)15-8-4-9-16(12-15)22(25)26)19(23)21-18-11-5-7-14-6-2-3-10-17(14)18/h2-13H,1H3,(H,21,23)/t13-/m0/s1. The molecule has 7 heteroatoms. The van der Waals surface area contributed by atoms with Crippen molar-refractivity contribution >= 4 is 34.0 Å². The first-order valence-electron chi connectivity index (χ1n) is 8.20. The molecule has 136 valence electrons. The number of non-ortho nitro benzene ring substituents is 1. The van der Waals surface area contributed by atoms with E-state index in [0.29, 0.717) is 5.69 Å². The molecular formula is C20H16N2O5.